The Labute approximate surface area is 403 Å². The quantitative estimate of drug-likeness (QED) is 0.148. The summed E-state index contributed by atoms with van der Waals surface area (Å²) in [4.78, 5) is 2.52. The first-order valence-electron chi connectivity index (χ1n) is 24.0. The third-order valence-electron chi connectivity index (χ3n) is 14.6. The topological polar surface area (TPSA) is 8.17 Å². The maximum absolute atomic E-state index is 2.52. The zero-order valence-electron chi connectivity index (χ0n) is 38.6. The lowest BCUT2D eigenvalue weighted by Gasteiger charge is -2.32. The van der Waals surface area contributed by atoms with Gasteiger partial charge in [0.1, 0.15) is 0 Å². The fourth-order valence-corrected chi connectivity index (χ4v) is 11.3. The van der Waals surface area contributed by atoms with Crippen LogP contribution in [-0.4, -0.2) is 4.57 Å². The summed E-state index contributed by atoms with van der Waals surface area (Å²) < 4.78 is 2.40. The Morgan fingerprint density at radius 1 is 0.333 bits per heavy atom. The fraction of sp³-hybridized carbons (Fsp3) is 0.0448. The van der Waals surface area contributed by atoms with Gasteiger partial charge < -0.3 is 9.47 Å². The van der Waals surface area contributed by atoms with Crippen LogP contribution in [0.5, 0.6) is 0 Å². The van der Waals surface area contributed by atoms with Gasteiger partial charge in [-0.3, -0.25) is 0 Å². The van der Waals surface area contributed by atoms with E-state index in [0.29, 0.717) is 0 Å². The predicted octanol–water partition coefficient (Wildman–Crippen LogP) is 18.4. The molecular formula is C67H48N2. The van der Waals surface area contributed by atoms with Crippen LogP contribution in [-0.2, 0) is 5.41 Å². The Kier molecular flexibility index (Phi) is 9.55. The average Bonchev–Trinajstić information content (AvgIpc) is 3.86. The molecule has 1 aliphatic rings. The Bertz CT molecular complexity index is 3900. The van der Waals surface area contributed by atoms with E-state index in [1.165, 1.54) is 77.1 Å². The molecule has 13 rings (SSSR count). The molecule has 1 heterocycles. The van der Waals surface area contributed by atoms with Crippen molar-refractivity contribution in [2.75, 3.05) is 4.90 Å². The number of hydrogen-bond acceptors (Lipinski definition) is 1. The first-order chi connectivity index (χ1) is 34.0. The number of fused-ring (bicyclic) bond motifs is 7. The molecule has 0 saturated carbocycles. The maximum atomic E-state index is 2.52. The number of para-hydroxylation sites is 3. The van der Waals surface area contributed by atoms with Gasteiger partial charge >= 0.3 is 0 Å². The van der Waals surface area contributed by atoms with Crippen LogP contribution in [0.2, 0.25) is 0 Å². The number of benzene rings is 11. The smallest absolute Gasteiger partial charge is 0.0618 e. The van der Waals surface area contributed by atoms with E-state index in [2.05, 4.69) is 278 Å². The van der Waals surface area contributed by atoms with Gasteiger partial charge in [-0.15, -0.1) is 0 Å². The molecule has 11 aromatic carbocycles. The number of anilines is 3. The largest absolute Gasteiger partial charge is 0.309 e. The van der Waals surface area contributed by atoms with Crippen LogP contribution in [0.15, 0.2) is 255 Å². The van der Waals surface area contributed by atoms with Gasteiger partial charge in [0, 0.05) is 44.4 Å². The molecule has 0 atom stereocenters. The van der Waals surface area contributed by atoms with Gasteiger partial charge in [0.05, 0.1) is 16.7 Å². The van der Waals surface area contributed by atoms with Gasteiger partial charge in [-0.05, 0) is 121 Å². The molecule has 0 unspecified atom stereocenters. The SMILES string of the molecule is CC1(C)c2ccccc2-c2ccc(N(c3ccc(-c4cccc5cccc(-c6ccccc6)c45)cc3)c3c(-c4ccccc4)cccc3-c3ccc4c(c3)c3ccccc3n4-c3ccccc3)cc21. The summed E-state index contributed by atoms with van der Waals surface area (Å²) >= 11 is 0. The Morgan fingerprint density at radius 3 is 1.57 bits per heavy atom. The highest BCUT2D eigenvalue weighted by atomic mass is 15.1. The van der Waals surface area contributed by atoms with Gasteiger partial charge in [0.2, 0.25) is 0 Å². The first kappa shape index (κ1) is 40.5. The minimum absolute atomic E-state index is 0.179. The molecular weight excluding hydrogens is 833 g/mol. The lowest BCUT2D eigenvalue weighted by Crippen LogP contribution is -2.17. The molecule has 0 fully saturated rings. The van der Waals surface area contributed by atoms with Crippen LogP contribution in [0.25, 0.3) is 93.9 Å². The highest BCUT2D eigenvalue weighted by Crippen LogP contribution is 2.53. The van der Waals surface area contributed by atoms with E-state index >= 15 is 0 Å². The van der Waals surface area contributed by atoms with E-state index < -0.39 is 0 Å². The van der Waals surface area contributed by atoms with E-state index in [1.54, 1.807) is 0 Å². The van der Waals surface area contributed by atoms with Gasteiger partial charge in [0.15, 0.2) is 0 Å². The second-order valence-corrected chi connectivity index (χ2v) is 18.8. The van der Waals surface area contributed by atoms with Crippen LogP contribution >= 0.6 is 0 Å². The second-order valence-electron chi connectivity index (χ2n) is 18.8. The number of rotatable bonds is 8. The second kappa shape index (κ2) is 16.3. The van der Waals surface area contributed by atoms with Crippen molar-refractivity contribution < 1.29 is 0 Å². The molecule has 0 N–H and O–H groups in total. The molecule has 0 radical (unpaired) electrons. The molecule has 2 nitrogen and oxygen atoms in total. The zero-order chi connectivity index (χ0) is 46.1. The van der Waals surface area contributed by atoms with Crippen molar-refractivity contribution in [2.24, 2.45) is 0 Å². The van der Waals surface area contributed by atoms with E-state index in [-0.39, 0.29) is 5.41 Å². The predicted molar refractivity (Wildman–Crippen MR) is 292 cm³/mol. The van der Waals surface area contributed by atoms with Crippen molar-refractivity contribution in [3.8, 4) is 61.3 Å². The molecule has 0 amide bonds. The van der Waals surface area contributed by atoms with Crippen LogP contribution in [0.4, 0.5) is 17.1 Å². The normalized spacial score (nSPS) is 12.6. The number of hydrogen-bond donors (Lipinski definition) is 0. The van der Waals surface area contributed by atoms with Crippen LogP contribution in [0.3, 0.4) is 0 Å². The Morgan fingerprint density at radius 2 is 0.841 bits per heavy atom. The lowest BCUT2D eigenvalue weighted by molar-refractivity contribution is 0.660. The summed E-state index contributed by atoms with van der Waals surface area (Å²) in [6.07, 6.45) is 0. The van der Waals surface area contributed by atoms with Gasteiger partial charge in [-0.1, -0.05) is 214 Å². The number of aromatic nitrogens is 1. The van der Waals surface area contributed by atoms with Crippen LogP contribution in [0, 0.1) is 0 Å². The molecule has 0 bridgehead atoms. The van der Waals surface area contributed by atoms with Crippen molar-refractivity contribution in [1.82, 2.24) is 4.57 Å². The van der Waals surface area contributed by atoms with Crippen molar-refractivity contribution >= 4 is 49.6 Å². The van der Waals surface area contributed by atoms with E-state index in [9.17, 15) is 0 Å². The van der Waals surface area contributed by atoms with E-state index in [0.717, 1.165) is 45.0 Å². The first-order valence-corrected chi connectivity index (χ1v) is 24.0. The maximum Gasteiger partial charge on any atom is 0.0618 e. The summed E-state index contributed by atoms with van der Waals surface area (Å²) in [6.45, 7) is 4.75. The third kappa shape index (κ3) is 6.63. The van der Waals surface area contributed by atoms with Gasteiger partial charge in [0.25, 0.3) is 0 Å². The van der Waals surface area contributed by atoms with Crippen molar-refractivity contribution in [3.63, 3.8) is 0 Å². The average molecular weight is 881 g/mol. The Hall–Kier alpha value is -8.72. The third-order valence-corrected chi connectivity index (χ3v) is 14.6. The minimum atomic E-state index is -0.179. The summed E-state index contributed by atoms with van der Waals surface area (Å²) in [7, 11) is 0. The van der Waals surface area contributed by atoms with Crippen LogP contribution < -0.4 is 4.90 Å². The lowest BCUT2D eigenvalue weighted by atomic mass is 9.82. The van der Waals surface area contributed by atoms with E-state index in [4.69, 9.17) is 0 Å². The molecule has 1 aliphatic carbocycles. The Balaban J connectivity index is 1.05. The summed E-state index contributed by atoms with van der Waals surface area (Å²) in [6, 6.07) is 93.8. The summed E-state index contributed by atoms with van der Waals surface area (Å²) in [5, 5.41) is 4.94. The summed E-state index contributed by atoms with van der Waals surface area (Å²) in [5.41, 5.74) is 21.5. The molecule has 12 aromatic rings. The fourth-order valence-electron chi connectivity index (χ4n) is 11.3. The standard InChI is InChI=1S/C67H48N2/c1-67(2)61-33-14-12-27-57(61)58-41-40-52(44-62(58)67)68(51-38-35-47(36-39-51)54-30-17-24-48-23-16-29-53(65(48)54)45-19-6-3-7-20-45)66-55(46-21-8-4-9-22-46)31-18-32-56(66)49-37-42-64-60(43-49)59-28-13-15-34-63(59)69(64)50-25-10-5-11-26-50/h3-44H,1-2H3. The van der Waals surface area contributed by atoms with Crippen molar-refractivity contribution in [3.05, 3.63) is 266 Å². The minimum Gasteiger partial charge on any atom is -0.309 e. The molecule has 326 valence electrons. The monoisotopic (exact) mass is 880 g/mol. The van der Waals surface area contributed by atoms with Crippen LogP contribution in [0.1, 0.15) is 25.0 Å². The number of nitrogens with zero attached hydrogens (tertiary/aromatic N) is 2. The molecule has 69 heavy (non-hydrogen) atoms. The zero-order valence-corrected chi connectivity index (χ0v) is 38.6. The highest BCUT2D eigenvalue weighted by Gasteiger charge is 2.36. The summed E-state index contributed by atoms with van der Waals surface area (Å²) in [5.74, 6) is 0. The molecule has 2 heteroatoms. The van der Waals surface area contributed by atoms with Gasteiger partial charge in [-0.2, -0.15) is 0 Å². The van der Waals surface area contributed by atoms with Crippen molar-refractivity contribution in [1.29, 1.82) is 0 Å². The van der Waals surface area contributed by atoms with Gasteiger partial charge in [-0.25, -0.2) is 0 Å². The highest BCUT2D eigenvalue weighted by molar-refractivity contribution is 6.12. The van der Waals surface area contributed by atoms with Crippen molar-refractivity contribution in [2.45, 2.75) is 19.3 Å². The molecule has 0 aliphatic heterocycles. The molecule has 0 spiro atoms. The molecule has 0 saturated heterocycles. The van der Waals surface area contributed by atoms with E-state index in [1.807, 2.05) is 0 Å². The molecule has 1 aromatic heterocycles.